The fourth-order valence-electron chi connectivity index (χ4n) is 2.67. The maximum absolute atomic E-state index is 9.61. The van der Waals surface area contributed by atoms with Gasteiger partial charge in [-0.15, -0.1) is 0 Å². The average molecular weight is 257 g/mol. The fraction of sp³-hybridized carbons (Fsp3) is 0.375. The van der Waals surface area contributed by atoms with E-state index >= 15 is 0 Å². The number of hydrogen-bond acceptors (Lipinski definition) is 3. The summed E-state index contributed by atoms with van der Waals surface area (Å²) in [5, 5.41) is 9.61. The molecule has 1 N–H and O–H groups in total. The molecule has 0 bridgehead atoms. The summed E-state index contributed by atoms with van der Waals surface area (Å²) in [5.74, 6) is 1.86. The molecule has 3 nitrogen and oxygen atoms in total. The van der Waals surface area contributed by atoms with Crippen LogP contribution in [0, 0.1) is 6.92 Å². The molecular weight excluding hydrogens is 238 g/mol. The van der Waals surface area contributed by atoms with Crippen molar-refractivity contribution < 1.29 is 9.52 Å². The van der Waals surface area contributed by atoms with Crippen molar-refractivity contribution in [3.8, 4) is 11.3 Å². The molecule has 0 radical (unpaired) electrons. The molecule has 0 saturated carbocycles. The van der Waals surface area contributed by atoms with E-state index in [1.807, 2.05) is 25.1 Å². The highest BCUT2D eigenvalue weighted by molar-refractivity contribution is 5.62. The summed E-state index contributed by atoms with van der Waals surface area (Å²) in [6.07, 6.45) is 0.709. The van der Waals surface area contributed by atoms with Gasteiger partial charge in [0.05, 0.1) is 6.10 Å². The lowest BCUT2D eigenvalue weighted by Crippen LogP contribution is -2.21. The number of aliphatic hydroxyl groups is 1. The number of furan rings is 1. The van der Waals surface area contributed by atoms with Gasteiger partial charge in [0.1, 0.15) is 11.5 Å². The van der Waals surface area contributed by atoms with Gasteiger partial charge in [-0.2, -0.15) is 0 Å². The number of benzene rings is 1. The molecule has 0 spiro atoms. The first-order valence-corrected chi connectivity index (χ1v) is 6.77. The van der Waals surface area contributed by atoms with Crippen LogP contribution in [-0.2, 0) is 6.54 Å². The molecule has 0 amide bonds. The second-order valence-corrected chi connectivity index (χ2v) is 5.25. The van der Waals surface area contributed by atoms with Gasteiger partial charge in [-0.25, -0.2) is 0 Å². The Kier molecular flexibility index (Phi) is 3.40. The molecule has 1 aromatic carbocycles. The fourth-order valence-corrected chi connectivity index (χ4v) is 2.67. The van der Waals surface area contributed by atoms with Crippen molar-refractivity contribution in [1.82, 2.24) is 4.90 Å². The Morgan fingerprint density at radius 3 is 2.79 bits per heavy atom. The summed E-state index contributed by atoms with van der Waals surface area (Å²) in [5.41, 5.74) is 2.41. The average Bonchev–Trinajstić information content (AvgIpc) is 2.99. The zero-order valence-corrected chi connectivity index (χ0v) is 11.2. The van der Waals surface area contributed by atoms with Crippen LogP contribution >= 0.6 is 0 Å². The molecule has 1 atom stereocenters. The summed E-state index contributed by atoms with van der Waals surface area (Å²) < 4.78 is 5.73. The van der Waals surface area contributed by atoms with Crippen molar-refractivity contribution >= 4 is 0 Å². The minimum atomic E-state index is -0.169. The number of rotatable bonds is 3. The first-order chi connectivity index (χ1) is 9.22. The zero-order valence-electron chi connectivity index (χ0n) is 11.2. The Labute approximate surface area is 113 Å². The number of aryl methyl sites for hydroxylation is 1. The van der Waals surface area contributed by atoms with E-state index in [1.165, 1.54) is 5.56 Å². The maximum Gasteiger partial charge on any atom is 0.134 e. The Morgan fingerprint density at radius 1 is 1.26 bits per heavy atom. The van der Waals surface area contributed by atoms with Crippen molar-refractivity contribution in [3.05, 3.63) is 47.7 Å². The molecule has 1 fully saturated rings. The topological polar surface area (TPSA) is 36.6 Å². The molecule has 1 aliphatic rings. The van der Waals surface area contributed by atoms with Crippen LogP contribution in [0.25, 0.3) is 11.3 Å². The maximum atomic E-state index is 9.61. The van der Waals surface area contributed by atoms with Crippen molar-refractivity contribution in [3.63, 3.8) is 0 Å². The lowest BCUT2D eigenvalue weighted by atomic mass is 10.1. The van der Waals surface area contributed by atoms with E-state index in [1.54, 1.807) is 0 Å². The van der Waals surface area contributed by atoms with Crippen LogP contribution in [0.15, 0.2) is 40.8 Å². The van der Waals surface area contributed by atoms with Crippen molar-refractivity contribution in [2.45, 2.75) is 26.0 Å². The second kappa shape index (κ2) is 5.19. The van der Waals surface area contributed by atoms with Gasteiger partial charge in [0.25, 0.3) is 0 Å². The molecule has 0 unspecified atom stereocenters. The smallest absolute Gasteiger partial charge is 0.134 e. The SMILES string of the molecule is Cc1ccc(-c2ccccc2CN2CC[C@@H](O)C2)o1. The summed E-state index contributed by atoms with van der Waals surface area (Å²) in [7, 11) is 0. The lowest BCUT2D eigenvalue weighted by Gasteiger charge is -2.16. The van der Waals surface area contributed by atoms with Crippen LogP contribution in [-0.4, -0.2) is 29.2 Å². The van der Waals surface area contributed by atoms with Gasteiger partial charge in [-0.1, -0.05) is 24.3 Å². The molecule has 1 saturated heterocycles. The highest BCUT2D eigenvalue weighted by Gasteiger charge is 2.21. The van der Waals surface area contributed by atoms with Crippen molar-refractivity contribution in [1.29, 1.82) is 0 Å². The third-order valence-corrected chi connectivity index (χ3v) is 3.66. The predicted octanol–water partition coefficient (Wildman–Crippen LogP) is 2.82. The highest BCUT2D eigenvalue weighted by atomic mass is 16.3. The van der Waals surface area contributed by atoms with E-state index in [0.29, 0.717) is 0 Å². The van der Waals surface area contributed by atoms with Gasteiger partial charge < -0.3 is 9.52 Å². The summed E-state index contributed by atoms with van der Waals surface area (Å²) >= 11 is 0. The van der Waals surface area contributed by atoms with Crippen LogP contribution in [0.5, 0.6) is 0 Å². The first-order valence-electron chi connectivity index (χ1n) is 6.77. The zero-order chi connectivity index (χ0) is 13.2. The Bertz CT molecular complexity index is 561. The number of hydrogen-bond donors (Lipinski definition) is 1. The van der Waals surface area contributed by atoms with Crippen molar-refractivity contribution in [2.24, 2.45) is 0 Å². The largest absolute Gasteiger partial charge is 0.461 e. The van der Waals surface area contributed by atoms with Crippen LogP contribution in [0.2, 0.25) is 0 Å². The van der Waals surface area contributed by atoms with Gasteiger partial charge in [-0.3, -0.25) is 4.90 Å². The van der Waals surface area contributed by atoms with Gasteiger partial charge >= 0.3 is 0 Å². The molecule has 1 aliphatic heterocycles. The molecule has 0 aliphatic carbocycles. The Morgan fingerprint density at radius 2 is 2.11 bits per heavy atom. The first kappa shape index (κ1) is 12.5. The van der Waals surface area contributed by atoms with E-state index in [9.17, 15) is 5.11 Å². The molecule has 3 heteroatoms. The van der Waals surface area contributed by atoms with Crippen molar-refractivity contribution in [2.75, 3.05) is 13.1 Å². The number of β-amino-alcohol motifs (C(OH)–C–C–N with tert-alkyl or cyclic N) is 1. The van der Waals surface area contributed by atoms with Gasteiger partial charge in [0.15, 0.2) is 0 Å². The van der Waals surface area contributed by atoms with Gasteiger partial charge in [0, 0.05) is 25.2 Å². The third kappa shape index (κ3) is 2.72. The van der Waals surface area contributed by atoms with E-state index in [4.69, 9.17) is 4.42 Å². The Hall–Kier alpha value is -1.58. The quantitative estimate of drug-likeness (QED) is 0.918. The molecule has 100 valence electrons. The number of aliphatic hydroxyl groups excluding tert-OH is 1. The van der Waals surface area contributed by atoms with E-state index in [-0.39, 0.29) is 6.10 Å². The standard InChI is InChI=1S/C16H19NO2/c1-12-6-7-16(19-12)15-5-3-2-4-13(15)10-17-9-8-14(18)11-17/h2-7,14,18H,8-11H2,1H3/t14-/m1/s1. The minimum Gasteiger partial charge on any atom is -0.461 e. The van der Waals surface area contributed by atoms with Crippen LogP contribution in [0.3, 0.4) is 0 Å². The molecule has 2 aromatic rings. The van der Waals surface area contributed by atoms with Crippen LogP contribution in [0.1, 0.15) is 17.7 Å². The van der Waals surface area contributed by atoms with E-state index < -0.39 is 0 Å². The summed E-state index contributed by atoms with van der Waals surface area (Å²) in [6, 6.07) is 12.3. The third-order valence-electron chi connectivity index (χ3n) is 3.66. The monoisotopic (exact) mass is 257 g/mol. The highest BCUT2D eigenvalue weighted by Crippen LogP contribution is 2.27. The Balaban J connectivity index is 1.85. The normalized spacial score (nSPS) is 20.0. The minimum absolute atomic E-state index is 0.169. The predicted molar refractivity (Wildman–Crippen MR) is 74.8 cm³/mol. The second-order valence-electron chi connectivity index (χ2n) is 5.25. The van der Waals surface area contributed by atoms with Gasteiger partial charge in [-0.05, 0) is 31.0 Å². The number of likely N-dealkylation sites (tertiary alicyclic amines) is 1. The molecule has 1 aromatic heterocycles. The van der Waals surface area contributed by atoms with Crippen LogP contribution in [0.4, 0.5) is 0 Å². The lowest BCUT2D eigenvalue weighted by molar-refractivity contribution is 0.175. The number of nitrogens with zero attached hydrogens (tertiary/aromatic N) is 1. The van der Waals surface area contributed by atoms with Crippen LogP contribution < -0.4 is 0 Å². The van der Waals surface area contributed by atoms with E-state index in [0.717, 1.165) is 43.1 Å². The molecule has 2 heterocycles. The van der Waals surface area contributed by atoms with Gasteiger partial charge in [0.2, 0.25) is 0 Å². The summed E-state index contributed by atoms with van der Waals surface area (Å²) in [6.45, 7) is 4.56. The molecule has 3 rings (SSSR count). The van der Waals surface area contributed by atoms with E-state index in [2.05, 4.69) is 23.1 Å². The molecule has 19 heavy (non-hydrogen) atoms. The molecular formula is C16H19NO2. The summed E-state index contributed by atoms with van der Waals surface area (Å²) in [4.78, 5) is 2.29.